The largest absolute Gasteiger partial charge is 0.497 e. The predicted molar refractivity (Wildman–Crippen MR) is 119 cm³/mol. The predicted octanol–water partition coefficient (Wildman–Crippen LogP) is 4.11. The van der Waals surface area contributed by atoms with Crippen LogP contribution in [0.3, 0.4) is 0 Å². The molecule has 1 aliphatic heterocycles. The van der Waals surface area contributed by atoms with Gasteiger partial charge < -0.3 is 14.5 Å². The normalized spacial score (nSPS) is 14.1. The van der Waals surface area contributed by atoms with Gasteiger partial charge in [0.1, 0.15) is 11.4 Å². The summed E-state index contributed by atoms with van der Waals surface area (Å²) < 4.78 is 6.94. The van der Waals surface area contributed by atoms with Gasteiger partial charge in [0.2, 0.25) is 0 Å². The van der Waals surface area contributed by atoms with Crippen molar-refractivity contribution in [2.45, 2.75) is 13.8 Å². The Morgan fingerprint density at radius 3 is 2.37 bits per heavy atom. The number of amides is 1. The number of anilines is 1. The molecule has 0 unspecified atom stereocenters. The maximum Gasteiger partial charge on any atom is 0.272 e. The fourth-order valence-corrected chi connectivity index (χ4v) is 3.97. The van der Waals surface area contributed by atoms with E-state index in [0.29, 0.717) is 18.8 Å². The first-order valence-electron chi connectivity index (χ1n) is 9.98. The van der Waals surface area contributed by atoms with Crippen molar-refractivity contribution >= 4 is 23.2 Å². The van der Waals surface area contributed by atoms with Crippen molar-refractivity contribution in [3.63, 3.8) is 0 Å². The highest BCUT2D eigenvalue weighted by Gasteiger charge is 2.26. The monoisotopic (exact) mass is 424 g/mol. The molecule has 1 aliphatic rings. The molecule has 156 valence electrons. The second-order valence-corrected chi connectivity index (χ2v) is 7.93. The molecule has 0 N–H and O–H groups in total. The summed E-state index contributed by atoms with van der Waals surface area (Å²) in [6, 6.07) is 15.3. The number of hydrogen-bond donors (Lipinski definition) is 0. The Labute approximate surface area is 181 Å². The van der Waals surface area contributed by atoms with Crippen LogP contribution in [0.25, 0.3) is 5.69 Å². The Morgan fingerprint density at radius 2 is 1.70 bits per heavy atom. The number of aryl methyl sites for hydroxylation is 2. The lowest BCUT2D eigenvalue weighted by molar-refractivity contribution is 0.0737. The van der Waals surface area contributed by atoms with E-state index in [-0.39, 0.29) is 5.91 Å². The highest BCUT2D eigenvalue weighted by molar-refractivity contribution is 6.30. The third-order valence-electron chi connectivity index (χ3n) is 5.45. The Bertz CT molecular complexity index is 1050. The van der Waals surface area contributed by atoms with Crippen molar-refractivity contribution in [3.05, 3.63) is 70.5 Å². The number of piperazine rings is 1. The van der Waals surface area contributed by atoms with E-state index in [9.17, 15) is 4.79 Å². The molecule has 2 heterocycles. The third kappa shape index (κ3) is 4.00. The van der Waals surface area contributed by atoms with Crippen LogP contribution in [0.5, 0.6) is 5.75 Å². The molecule has 0 saturated carbocycles. The minimum atomic E-state index is -0.00566. The lowest BCUT2D eigenvalue weighted by atomic mass is 10.1. The van der Waals surface area contributed by atoms with E-state index in [1.165, 1.54) is 5.56 Å². The van der Waals surface area contributed by atoms with Crippen LogP contribution in [0, 0.1) is 13.8 Å². The maximum absolute atomic E-state index is 13.3. The summed E-state index contributed by atoms with van der Waals surface area (Å²) in [7, 11) is 1.63. The van der Waals surface area contributed by atoms with Crippen molar-refractivity contribution in [2.24, 2.45) is 0 Å². The van der Waals surface area contributed by atoms with Crippen molar-refractivity contribution in [3.8, 4) is 11.4 Å². The first-order valence-corrected chi connectivity index (χ1v) is 10.4. The van der Waals surface area contributed by atoms with E-state index in [1.54, 1.807) is 11.8 Å². The van der Waals surface area contributed by atoms with Crippen molar-refractivity contribution in [1.29, 1.82) is 0 Å². The zero-order valence-electron chi connectivity index (χ0n) is 17.4. The van der Waals surface area contributed by atoms with Crippen molar-refractivity contribution in [2.75, 3.05) is 38.2 Å². The third-order valence-corrected chi connectivity index (χ3v) is 5.68. The van der Waals surface area contributed by atoms with E-state index >= 15 is 0 Å². The molecule has 30 heavy (non-hydrogen) atoms. The number of carbonyl (C=O) groups excluding carboxylic acids is 1. The van der Waals surface area contributed by atoms with Gasteiger partial charge in [-0.15, -0.1) is 0 Å². The summed E-state index contributed by atoms with van der Waals surface area (Å²) >= 11 is 6.18. The topological polar surface area (TPSA) is 50.6 Å². The molecule has 4 rings (SSSR count). The van der Waals surface area contributed by atoms with Crippen LogP contribution in [0.1, 0.15) is 21.7 Å². The zero-order chi connectivity index (χ0) is 21.3. The van der Waals surface area contributed by atoms with Gasteiger partial charge >= 0.3 is 0 Å². The molecule has 2 aromatic carbocycles. The molecule has 1 aromatic heterocycles. The second-order valence-electron chi connectivity index (χ2n) is 7.49. The molecular formula is C23H25ClN4O2. The molecule has 3 aromatic rings. The van der Waals surface area contributed by atoms with Gasteiger partial charge in [0.25, 0.3) is 5.91 Å². The molecule has 1 amide bonds. The molecular weight excluding hydrogens is 400 g/mol. The van der Waals surface area contributed by atoms with Crippen LogP contribution in [0.4, 0.5) is 5.69 Å². The molecule has 0 spiro atoms. The molecule has 6 nitrogen and oxygen atoms in total. The summed E-state index contributed by atoms with van der Waals surface area (Å²) in [6.45, 7) is 6.82. The van der Waals surface area contributed by atoms with Gasteiger partial charge in [-0.05, 0) is 61.9 Å². The molecule has 0 aliphatic carbocycles. The summed E-state index contributed by atoms with van der Waals surface area (Å²) in [6.07, 6.45) is 0. The van der Waals surface area contributed by atoms with Crippen molar-refractivity contribution in [1.82, 2.24) is 14.7 Å². The summed E-state index contributed by atoms with van der Waals surface area (Å²) in [5.41, 5.74) is 4.54. The second kappa shape index (κ2) is 8.40. The number of nitrogens with zero attached hydrogens (tertiary/aromatic N) is 4. The van der Waals surface area contributed by atoms with Crippen LogP contribution < -0.4 is 9.64 Å². The number of carbonyl (C=O) groups is 1. The van der Waals surface area contributed by atoms with E-state index in [0.717, 1.165) is 40.9 Å². The number of hydrogen-bond acceptors (Lipinski definition) is 4. The van der Waals surface area contributed by atoms with E-state index in [1.807, 2.05) is 60.4 Å². The molecule has 0 radical (unpaired) electrons. The first kappa shape index (κ1) is 20.3. The first-order chi connectivity index (χ1) is 14.5. The number of benzene rings is 2. The smallest absolute Gasteiger partial charge is 0.272 e. The number of ether oxygens (including phenoxy) is 1. The van der Waals surface area contributed by atoms with E-state index in [4.69, 9.17) is 16.3 Å². The Morgan fingerprint density at radius 1 is 1.00 bits per heavy atom. The van der Waals surface area contributed by atoms with Crippen LogP contribution in [-0.4, -0.2) is 53.9 Å². The summed E-state index contributed by atoms with van der Waals surface area (Å²) in [5, 5.41) is 5.27. The standard InChI is InChI=1S/C23H25ClN4O2/c1-16-4-5-18(24)15-21(16)26-10-12-27(13-11-26)23(29)22-14-17(2)25-28(22)19-6-8-20(30-3)9-7-19/h4-9,14-15H,10-13H2,1-3H3. The van der Waals surface area contributed by atoms with Gasteiger partial charge in [0.15, 0.2) is 0 Å². The maximum atomic E-state index is 13.3. The minimum absolute atomic E-state index is 0.00566. The lowest BCUT2D eigenvalue weighted by Gasteiger charge is -2.36. The van der Waals surface area contributed by atoms with Gasteiger partial charge in [-0.25, -0.2) is 4.68 Å². The van der Waals surface area contributed by atoms with Gasteiger partial charge in [0, 0.05) is 36.9 Å². The van der Waals surface area contributed by atoms with Crippen LogP contribution in [0.15, 0.2) is 48.5 Å². The molecule has 1 saturated heterocycles. The van der Waals surface area contributed by atoms with E-state index < -0.39 is 0 Å². The van der Waals surface area contributed by atoms with E-state index in [2.05, 4.69) is 16.9 Å². The van der Waals surface area contributed by atoms with Crippen LogP contribution in [0.2, 0.25) is 5.02 Å². The van der Waals surface area contributed by atoms with Crippen LogP contribution >= 0.6 is 11.6 Å². The number of aromatic nitrogens is 2. The fourth-order valence-electron chi connectivity index (χ4n) is 3.81. The Kier molecular flexibility index (Phi) is 5.68. The zero-order valence-corrected chi connectivity index (χ0v) is 18.2. The molecule has 1 fully saturated rings. The van der Waals surface area contributed by atoms with Crippen molar-refractivity contribution < 1.29 is 9.53 Å². The highest BCUT2D eigenvalue weighted by Crippen LogP contribution is 2.26. The molecule has 7 heteroatoms. The Balaban J connectivity index is 1.51. The average molecular weight is 425 g/mol. The quantitative estimate of drug-likeness (QED) is 0.632. The highest BCUT2D eigenvalue weighted by atomic mass is 35.5. The van der Waals surface area contributed by atoms with Gasteiger partial charge in [0.05, 0.1) is 18.5 Å². The fraction of sp³-hybridized carbons (Fsp3) is 0.304. The minimum Gasteiger partial charge on any atom is -0.497 e. The Hall–Kier alpha value is -2.99. The summed E-state index contributed by atoms with van der Waals surface area (Å²) in [5.74, 6) is 0.761. The number of halogens is 1. The van der Waals surface area contributed by atoms with Gasteiger partial charge in [-0.1, -0.05) is 17.7 Å². The molecule has 0 bridgehead atoms. The number of rotatable bonds is 4. The van der Waals surface area contributed by atoms with Crippen LogP contribution in [-0.2, 0) is 0 Å². The van der Waals surface area contributed by atoms with Gasteiger partial charge in [-0.2, -0.15) is 5.10 Å². The summed E-state index contributed by atoms with van der Waals surface area (Å²) in [4.78, 5) is 17.5. The number of methoxy groups -OCH3 is 1. The SMILES string of the molecule is COc1ccc(-n2nc(C)cc2C(=O)N2CCN(c3cc(Cl)ccc3C)CC2)cc1. The van der Waals surface area contributed by atoms with Gasteiger partial charge in [-0.3, -0.25) is 4.79 Å². The molecule has 0 atom stereocenters. The average Bonchev–Trinajstić information content (AvgIpc) is 3.16. The lowest BCUT2D eigenvalue weighted by Crippen LogP contribution is -2.49.